The molecule has 116 valence electrons. The molecule has 1 heterocycles. The lowest BCUT2D eigenvalue weighted by atomic mass is 10.2. The van der Waals surface area contributed by atoms with E-state index in [4.69, 9.17) is 4.74 Å². The van der Waals surface area contributed by atoms with Gasteiger partial charge in [-0.2, -0.15) is 0 Å². The van der Waals surface area contributed by atoms with Crippen molar-refractivity contribution in [3.63, 3.8) is 0 Å². The Morgan fingerprint density at radius 2 is 1.95 bits per heavy atom. The van der Waals surface area contributed by atoms with Crippen molar-refractivity contribution in [1.82, 2.24) is 9.80 Å². The number of ether oxygens (including phenoxy) is 1. The van der Waals surface area contributed by atoms with E-state index < -0.39 is 0 Å². The molecule has 0 radical (unpaired) electrons. The van der Waals surface area contributed by atoms with E-state index in [0.29, 0.717) is 6.54 Å². The van der Waals surface area contributed by atoms with Crippen molar-refractivity contribution in [2.45, 2.75) is 6.92 Å². The largest absolute Gasteiger partial charge is 0.383 e. The highest BCUT2D eigenvalue weighted by Crippen LogP contribution is 2.09. The molecule has 5 nitrogen and oxygen atoms in total. The molecule has 0 aromatic heterocycles. The molecule has 1 aromatic carbocycles. The smallest absolute Gasteiger partial charge is 0.238 e. The van der Waals surface area contributed by atoms with E-state index in [0.717, 1.165) is 50.6 Å². The average Bonchev–Trinajstić information content (AvgIpc) is 2.46. The van der Waals surface area contributed by atoms with Crippen LogP contribution in [0.5, 0.6) is 0 Å². The Hall–Kier alpha value is -1.43. The number of nitrogens with one attached hydrogen (secondary N) is 1. The van der Waals surface area contributed by atoms with Gasteiger partial charge in [0.25, 0.3) is 0 Å². The van der Waals surface area contributed by atoms with Crippen LogP contribution in [-0.4, -0.2) is 68.7 Å². The zero-order chi connectivity index (χ0) is 15.1. The normalized spacial score (nSPS) is 16.9. The predicted molar refractivity (Wildman–Crippen MR) is 84.6 cm³/mol. The molecule has 1 amide bonds. The summed E-state index contributed by atoms with van der Waals surface area (Å²) in [4.78, 5) is 16.6. The Kier molecular flexibility index (Phi) is 6.17. The number of amides is 1. The summed E-state index contributed by atoms with van der Waals surface area (Å²) in [6, 6.07) is 7.89. The summed E-state index contributed by atoms with van der Waals surface area (Å²) in [6.07, 6.45) is 0. The van der Waals surface area contributed by atoms with Crippen molar-refractivity contribution in [3.05, 3.63) is 29.8 Å². The highest BCUT2D eigenvalue weighted by atomic mass is 16.5. The molecule has 21 heavy (non-hydrogen) atoms. The molecule has 0 spiro atoms. The van der Waals surface area contributed by atoms with Gasteiger partial charge in [0.2, 0.25) is 5.91 Å². The Morgan fingerprint density at radius 3 is 2.62 bits per heavy atom. The lowest BCUT2D eigenvalue weighted by Crippen LogP contribution is -2.49. The lowest BCUT2D eigenvalue weighted by molar-refractivity contribution is -0.117. The van der Waals surface area contributed by atoms with Crippen LogP contribution < -0.4 is 5.32 Å². The second-order valence-electron chi connectivity index (χ2n) is 5.53. The number of hydrogen-bond donors (Lipinski definition) is 1. The Labute approximate surface area is 126 Å². The van der Waals surface area contributed by atoms with Gasteiger partial charge < -0.3 is 10.1 Å². The number of methoxy groups -OCH3 is 1. The number of anilines is 1. The van der Waals surface area contributed by atoms with E-state index in [1.165, 1.54) is 0 Å². The summed E-state index contributed by atoms with van der Waals surface area (Å²) in [5.74, 6) is 0.0611. The number of piperazine rings is 1. The summed E-state index contributed by atoms with van der Waals surface area (Å²) in [6.45, 7) is 8.10. The quantitative estimate of drug-likeness (QED) is 0.855. The molecular weight excluding hydrogens is 266 g/mol. The van der Waals surface area contributed by atoms with Crippen LogP contribution in [0.2, 0.25) is 0 Å². The maximum atomic E-state index is 12.1. The second kappa shape index (κ2) is 8.12. The SMILES string of the molecule is COCCN1CCN(CC(=O)Nc2cccc(C)c2)CC1. The van der Waals surface area contributed by atoms with E-state index in [2.05, 4.69) is 15.1 Å². The van der Waals surface area contributed by atoms with Gasteiger partial charge in [0, 0.05) is 45.5 Å². The minimum Gasteiger partial charge on any atom is -0.383 e. The predicted octanol–water partition coefficient (Wildman–Crippen LogP) is 1.20. The minimum absolute atomic E-state index is 0.0611. The molecule has 0 bridgehead atoms. The fraction of sp³-hybridized carbons (Fsp3) is 0.562. The number of nitrogens with zero attached hydrogens (tertiary/aromatic N) is 2. The average molecular weight is 291 g/mol. The second-order valence-corrected chi connectivity index (χ2v) is 5.53. The van der Waals surface area contributed by atoms with Crippen molar-refractivity contribution in [1.29, 1.82) is 0 Å². The molecule has 0 unspecified atom stereocenters. The monoisotopic (exact) mass is 291 g/mol. The van der Waals surface area contributed by atoms with E-state index >= 15 is 0 Å². The van der Waals surface area contributed by atoms with E-state index in [1.54, 1.807) is 7.11 Å². The first-order valence-electron chi connectivity index (χ1n) is 7.47. The molecule has 1 saturated heterocycles. The van der Waals surface area contributed by atoms with E-state index in [-0.39, 0.29) is 5.91 Å². The number of carbonyl (C=O) groups excluding carboxylic acids is 1. The van der Waals surface area contributed by atoms with Crippen molar-refractivity contribution < 1.29 is 9.53 Å². The van der Waals surface area contributed by atoms with Gasteiger partial charge in [-0.15, -0.1) is 0 Å². The molecule has 1 fully saturated rings. The minimum atomic E-state index is 0.0611. The Balaban J connectivity index is 1.72. The highest BCUT2D eigenvalue weighted by molar-refractivity contribution is 5.92. The van der Waals surface area contributed by atoms with Gasteiger partial charge in [-0.1, -0.05) is 12.1 Å². The molecule has 0 aliphatic carbocycles. The summed E-state index contributed by atoms with van der Waals surface area (Å²) in [7, 11) is 1.73. The fourth-order valence-electron chi connectivity index (χ4n) is 2.52. The molecule has 0 saturated carbocycles. The van der Waals surface area contributed by atoms with Crippen molar-refractivity contribution in [3.8, 4) is 0 Å². The van der Waals surface area contributed by atoms with Gasteiger partial charge >= 0.3 is 0 Å². The van der Waals surface area contributed by atoms with Crippen LogP contribution in [0.1, 0.15) is 5.56 Å². The molecule has 0 atom stereocenters. The van der Waals surface area contributed by atoms with Crippen molar-refractivity contribution >= 4 is 11.6 Å². The molecule has 1 aliphatic rings. The Bertz CT molecular complexity index is 457. The molecule has 1 aliphatic heterocycles. The topological polar surface area (TPSA) is 44.8 Å². The van der Waals surface area contributed by atoms with Crippen LogP contribution in [0.25, 0.3) is 0 Å². The first-order valence-corrected chi connectivity index (χ1v) is 7.47. The molecule has 2 rings (SSSR count). The van der Waals surface area contributed by atoms with Crippen LogP contribution in [0.4, 0.5) is 5.69 Å². The first kappa shape index (κ1) is 15.9. The zero-order valence-electron chi connectivity index (χ0n) is 13.0. The first-order chi connectivity index (χ1) is 10.2. The Morgan fingerprint density at radius 1 is 1.24 bits per heavy atom. The molecule has 1 aromatic rings. The lowest BCUT2D eigenvalue weighted by Gasteiger charge is -2.34. The van der Waals surface area contributed by atoms with Gasteiger partial charge in [-0.05, 0) is 24.6 Å². The highest BCUT2D eigenvalue weighted by Gasteiger charge is 2.18. The third-order valence-corrected chi connectivity index (χ3v) is 3.75. The third-order valence-electron chi connectivity index (χ3n) is 3.75. The van der Waals surface area contributed by atoms with Crippen LogP contribution in [0.3, 0.4) is 0 Å². The van der Waals surface area contributed by atoms with Gasteiger partial charge in [-0.3, -0.25) is 14.6 Å². The van der Waals surface area contributed by atoms with Crippen LogP contribution in [0, 0.1) is 6.92 Å². The van der Waals surface area contributed by atoms with Gasteiger partial charge in [0.05, 0.1) is 13.2 Å². The van der Waals surface area contributed by atoms with Gasteiger partial charge in [-0.25, -0.2) is 0 Å². The number of rotatable bonds is 6. The third kappa shape index (κ3) is 5.46. The number of benzene rings is 1. The van der Waals surface area contributed by atoms with Crippen LogP contribution in [0.15, 0.2) is 24.3 Å². The van der Waals surface area contributed by atoms with Gasteiger partial charge in [0.15, 0.2) is 0 Å². The zero-order valence-corrected chi connectivity index (χ0v) is 13.0. The summed E-state index contributed by atoms with van der Waals surface area (Å²) >= 11 is 0. The van der Waals surface area contributed by atoms with Crippen LogP contribution >= 0.6 is 0 Å². The summed E-state index contributed by atoms with van der Waals surface area (Å²) in [5.41, 5.74) is 2.03. The van der Waals surface area contributed by atoms with Gasteiger partial charge in [0.1, 0.15) is 0 Å². The maximum absolute atomic E-state index is 12.1. The summed E-state index contributed by atoms with van der Waals surface area (Å²) in [5, 5.41) is 2.96. The number of hydrogen-bond acceptors (Lipinski definition) is 4. The molecule has 1 N–H and O–H groups in total. The van der Waals surface area contributed by atoms with E-state index in [9.17, 15) is 4.79 Å². The maximum Gasteiger partial charge on any atom is 0.238 e. The molecule has 5 heteroatoms. The van der Waals surface area contributed by atoms with Crippen molar-refractivity contribution in [2.24, 2.45) is 0 Å². The van der Waals surface area contributed by atoms with Crippen molar-refractivity contribution in [2.75, 3.05) is 58.3 Å². The fourth-order valence-corrected chi connectivity index (χ4v) is 2.52. The number of aryl methyl sites for hydroxylation is 1. The summed E-state index contributed by atoms with van der Waals surface area (Å²) < 4.78 is 5.09. The van der Waals surface area contributed by atoms with Crippen LogP contribution in [-0.2, 0) is 9.53 Å². The number of carbonyl (C=O) groups is 1. The molecular formula is C16H25N3O2. The van der Waals surface area contributed by atoms with E-state index in [1.807, 2.05) is 31.2 Å². The standard InChI is InChI=1S/C16H25N3O2/c1-14-4-3-5-15(12-14)17-16(20)13-19-8-6-18(7-9-19)10-11-21-2/h3-5,12H,6-11,13H2,1-2H3,(H,17,20).